The molecule has 0 N–H and O–H groups in total. The molecule has 0 aliphatic heterocycles. The van der Waals surface area contributed by atoms with Gasteiger partial charge in [0, 0.05) is 0 Å². The molecule has 0 aromatic heterocycles. The number of nitrogens with zero attached hydrogens (tertiary/aromatic N) is 1. The van der Waals surface area contributed by atoms with Gasteiger partial charge in [-0.2, -0.15) is 61.5 Å². The number of halogens is 14. The third-order valence-electron chi connectivity index (χ3n) is 2.94. The first kappa shape index (κ1) is 28.9. The number of sulfonamides is 2. The molecule has 0 atom stereocenters. The summed E-state index contributed by atoms with van der Waals surface area (Å²) >= 11 is 0. The highest BCUT2D eigenvalue weighted by molar-refractivity contribution is 8.04. The third-order valence-corrected chi connectivity index (χ3v) is 7.44. The maximum atomic E-state index is 13.7. The van der Waals surface area contributed by atoms with Crippen molar-refractivity contribution in [1.82, 2.24) is 3.71 Å². The fourth-order valence-electron chi connectivity index (χ4n) is 1.53. The third kappa shape index (κ3) is 4.15. The van der Waals surface area contributed by atoms with E-state index in [-0.39, 0.29) is 0 Å². The average molecular weight is 523 g/mol. The van der Waals surface area contributed by atoms with Crippen LogP contribution in [0.1, 0.15) is 13.3 Å². The van der Waals surface area contributed by atoms with Gasteiger partial charge in [0.2, 0.25) is 10.0 Å². The van der Waals surface area contributed by atoms with Crippen LogP contribution in [0.4, 0.5) is 61.5 Å². The standard InChI is InChI=1S/C9H7F14NO4S2/c1-2-3-29(25,26)24(8(20,21)4(10,11)6(14,15)16)30(27,28)9(22,23)5(12,13)7(17,18)19/h2-3H2,1H3. The van der Waals surface area contributed by atoms with Gasteiger partial charge in [-0.1, -0.05) is 6.92 Å². The van der Waals surface area contributed by atoms with Crippen LogP contribution in [0.2, 0.25) is 0 Å². The smallest absolute Gasteiger partial charge is 0.211 e. The van der Waals surface area contributed by atoms with E-state index in [2.05, 4.69) is 0 Å². The lowest BCUT2D eigenvalue weighted by atomic mass is 10.3. The lowest BCUT2D eigenvalue weighted by Gasteiger charge is -2.37. The highest BCUT2D eigenvalue weighted by atomic mass is 32.3. The lowest BCUT2D eigenvalue weighted by molar-refractivity contribution is -0.371. The van der Waals surface area contributed by atoms with Crippen LogP contribution in [-0.2, 0) is 20.0 Å². The summed E-state index contributed by atoms with van der Waals surface area (Å²) in [6.45, 7) is 0.588. The summed E-state index contributed by atoms with van der Waals surface area (Å²) in [6.07, 6.45) is -16.3. The van der Waals surface area contributed by atoms with E-state index in [1.54, 1.807) is 0 Å². The molecule has 30 heavy (non-hydrogen) atoms. The zero-order valence-electron chi connectivity index (χ0n) is 13.6. The molecule has 0 aromatic carbocycles. The second kappa shape index (κ2) is 7.48. The van der Waals surface area contributed by atoms with Gasteiger partial charge in [0.25, 0.3) is 0 Å². The molecule has 0 rings (SSSR count). The van der Waals surface area contributed by atoms with Gasteiger partial charge in [-0.15, -0.1) is 0 Å². The Morgan fingerprint density at radius 2 is 0.967 bits per heavy atom. The van der Waals surface area contributed by atoms with E-state index in [9.17, 15) is 78.3 Å². The summed E-state index contributed by atoms with van der Waals surface area (Å²) in [4.78, 5) is 0. The molecular weight excluding hydrogens is 516 g/mol. The molecule has 0 saturated carbocycles. The number of hydrogen-bond acceptors (Lipinski definition) is 4. The second-order valence-corrected chi connectivity index (χ2v) is 9.22. The van der Waals surface area contributed by atoms with Crippen LogP contribution in [-0.4, -0.2) is 61.8 Å². The summed E-state index contributed by atoms with van der Waals surface area (Å²) in [7, 11) is -15.8. The van der Waals surface area contributed by atoms with Crippen molar-refractivity contribution in [1.29, 1.82) is 0 Å². The largest absolute Gasteiger partial charge is 0.461 e. The van der Waals surface area contributed by atoms with Crippen LogP contribution >= 0.6 is 0 Å². The van der Waals surface area contributed by atoms with Gasteiger partial charge in [0.15, 0.2) is 0 Å². The first-order valence-electron chi connectivity index (χ1n) is 6.60. The molecule has 0 fully saturated rings. The van der Waals surface area contributed by atoms with Crippen molar-refractivity contribution < 1.29 is 78.3 Å². The Morgan fingerprint density at radius 1 is 0.633 bits per heavy atom. The van der Waals surface area contributed by atoms with E-state index in [1.165, 1.54) is 0 Å². The van der Waals surface area contributed by atoms with Crippen LogP contribution < -0.4 is 0 Å². The van der Waals surface area contributed by atoms with Gasteiger partial charge < -0.3 is 0 Å². The van der Waals surface area contributed by atoms with Crippen molar-refractivity contribution >= 4 is 20.0 Å². The Kier molecular flexibility index (Phi) is 7.20. The van der Waals surface area contributed by atoms with E-state index < -0.39 is 71.4 Å². The molecule has 0 bridgehead atoms. The Balaban J connectivity index is 7.35. The fourth-order valence-corrected chi connectivity index (χ4v) is 5.44. The number of hydrogen-bond donors (Lipinski definition) is 0. The minimum atomic E-state index is -8.81. The molecule has 182 valence electrons. The Bertz CT molecular complexity index is 842. The zero-order chi connectivity index (χ0) is 25.0. The van der Waals surface area contributed by atoms with Crippen molar-refractivity contribution in [2.24, 2.45) is 0 Å². The van der Waals surface area contributed by atoms with E-state index in [0.717, 1.165) is 0 Å². The van der Waals surface area contributed by atoms with Gasteiger partial charge in [0.05, 0.1) is 5.75 Å². The quantitative estimate of drug-likeness (QED) is 0.357. The molecular formula is C9H7F14NO4S2. The van der Waals surface area contributed by atoms with E-state index in [4.69, 9.17) is 0 Å². The molecule has 0 amide bonds. The first-order chi connectivity index (χ1) is 12.7. The lowest BCUT2D eigenvalue weighted by Crippen LogP contribution is -2.69. The minimum Gasteiger partial charge on any atom is -0.211 e. The molecule has 0 radical (unpaired) electrons. The topological polar surface area (TPSA) is 71.5 Å². The normalized spacial score (nSPS) is 16.3. The monoisotopic (exact) mass is 523 g/mol. The minimum absolute atomic E-state index is 0.588. The van der Waals surface area contributed by atoms with E-state index in [1.807, 2.05) is 0 Å². The molecule has 5 nitrogen and oxygen atoms in total. The summed E-state index contributed by atoms with van der Waals surface area (Å²) in [5, 5.41) is -7.97. The van der Waals surface area contributed by atoms with Crippen molar-refractivity contribution in [2.45, 2.75) is 48.8 Å². The zero-order valence-corrected chi connectivity index (χ0v) is 15.2. The number of rotatable bonds is 8. The van der Waals surface area contributed by atoms with Crippen LogP contribution in [0.5, 0.6) is 0 Å². The van der Waals surface area contributed by atoms with Crippen molar-refractivity contribution in [3.8, 4) is 0 Å². The van der Waals surface area contributed by atoms with E-state index in [0.29, 0.717) is 6.92 Å². The van der Waals surface area contributed by atoms with Crippen molar-refractivity contribution in [3.63, 3.8) is 0 Å². The van der Waals surface area contributed by atoms with Gasteiger partial charge in [-0.05, 0) is 10.1 Å². The average Bonchev–Trinajstić information content (AvgIpc) is 2.42. The number of alkyl halides is 14. The maximum Gasteiger partial charge on any atom is 0.461 e. The molecule has 21 heteroatoms. The van der Waals surface area contributed by atoms with Crippen molar-refractivity contribution in [2.75, 3.05) is 5.75 Å². The Labute approximate surface area is 157 Å². The van der Waals surface area contributed by atoms with Crippen LogP contribution in [0.25, 0.3) is 0 Å². The molecule has 0 aliphatic carbocycles. The fraction of sp³-hybridized carbons (Fsp3) is 1.00. The Morgan fingerprint density at radius 3 is 1.23 bits per heavy atom. The van der Waals surface area contributed by atoms with Gasteiger partial charge in [-0.3, -0.25) is 0 Å². The predicted octanol–water partition coefficient (Wildman–Crippen LogP) is 3.94. The highest BCUT2D eigenvalue weighted by Gasteiger charge is 2.86. The van der Waals surface area contributed by atoms with Crippen LogP contribution in [0.15, 0.2) is 0 Å². The van der Waals surface area contributed by atoms with E-state index >= 15 is 0 Å². The summed E-state index contributed by atoms with van der Waals surface area (Å²) < 4.78 is 222. The molecule has 0 unspecified atom stereocenters. The molecule has 0 heterocycles. The van der Waals surface area contributed by atoms with Crippen molar-refractivity contribution in [3.05, 3.63) is 0 Å². The molecule has 0 aromatic rings. The highest BCUT2D eigenvalue weighted by Crippen LogP contribution is 2.55. The SMILES string of the molecule is CCCS(=O)(=O)N(C(F)(F)C(F)(F)C(F)(F)F)S(=O)(=O)C(F)(F)C(F)(F)C(F)(F)F. The predicted molar refractivity (Wildman–Crippen MR) is 66.7 cm³/mol. The Hall–Kier alpha value is -1.12. The molecule has 0 aliphatic rings. The van der Waals surface area contributed by atoms with Crippen LogP contribution in [0, 0.1) is 0 Å². The van der Waals surface area contributed by atoms with Crippen LogP contribution in [0.3, 0.4) is 0 Å². The summed E-state index contributed by atoms with van der Waals surface area (Å²) in [6, 6.07) is -7.82. The van der Waals surface area contributed by atoms with Gasteiger partial charge >= 0.3 is 45.5 Å². The second-order valence-electron chi connectivity index (χ2n) is 5.22. The summed E-state index contributed by atoms with van der Waals surface area (Å²) in [5.41, 5.74) is 0. The summed E-state index contributed by atoms with van der Waals surface area (Å²) in [5.74, 6) is -18.0. The first-order valence-corrected chi connectivity index (χ1v) is 9.65. The molecule has 0 saturated heterocycles. The maximum absolute atomic E-state index is 13.7. The molecule has 0 spiro atoms. The van der Waals surface area contributed by atoms with Gasteiger partial charge in [0.1, 0.15) is 0 Å². The van der Waals surface area contributed by atoms with Gasteiger partial charge in [-0.25, -0.2) is 16.8 Å².